The first-order valence-corrected chi connectivity index (χ1v) is 4.16. The molecule has 2 aliphatic carbocycles. The van der Waals surface area contributed by atoms with Gasteiger partial charge in [-0.2, -0.15) is 0 Å². The van der Waals surface area contributed by atoms with Crippen molar-refractivity contribution in [2.75, 3.05) is 0 Å². The first-order valence-electron chi connectivity index (χ1n) is 4.16. The minimum atomic E-state index is 0.983. The van der Waals surface area contributed by atoms with E-state index >= 15 is 0 Å². The van der Waals surface area contributed by atoms with Crippen molar-refractivity contribution in [1.82, 2.24) is 0 Å². The fourth-order valence-electron chi connectivity index (χ4n) is 2.20. The van der Waals surface area contributed by atoms with Crippen LogP contribution in [0.3, 0.4) is 0 Å². The molecule has 0 aromatic carbocycles. The summed E-state index contributed by atoms with van der Waals surface area (Å²) in [5.41, 5.74) is 2.92. The lowest BCUT2D eigenvalue weighted by Crippen LogP contribution is -1.72. The molecule has 2 unspecified atom stereocenters. The minimum absolute atomic E-state index is 0.983. The maximum absolute atomic E-state index is 3.89. The molecule has 2 atom stereocenters. The van der Waals surface area contributed by atoms with Crippen molar-refractivity contribution in [2.45, 2.75) is 26.2 Å². The highest BCUT2D eigenvalue weighted by Crippen LogP contribution is 2.57. The van der Waals surface area contributed by atoms with E-state index in [9.17, 15) is 0 Å². The van der Waals surface area contributed by atoms with Gasteiger partial charge in [-0.15, -0.1) is 0 Å². The lowest BCUT2D eigenvalue weighted by atomic mass is 10.2. The summed E-state index contributed by atoms with van der Waals surface area (Å²) in [5, 5.41) is 0. The van der Waals surface area contributed by atoms with E-state index < -0.39 is 0 Å². The Labute approximate surface area is 62.6 Å². The van der Waals surface area contributed by atoms with Crippen LogP contribution in [-0.2, 0) is 0 Å². The van der Waals surface area contributed by atoms with Crippen molar-refractivity contribution in [1.29, 1.82) is 0 Å². The Balaban J connectivity index is 2.06. The van der Waals surface area contributed by atoms with Crippen LogP contribution in [0.25, 0.3) is 0 Å². The molecule has 0 aromatic heterocycles. The quantitative estimate of drug-likeness (QED) is 0.517. The zero-order valence-electron chi connectivity index (χ0n) is 6.56. The molecule has 10 heavy (non-hydrogen) atoms. The fourth-order valence-corrected chi connectivity index (χ4v) is 2.20. The molecule has 0 N–H and O–H groups in total. The van der Waals surface area contributed by atoms with Crippen LogP contribution < -0.4 is 0 Å². The molecule has 0 heteroatoms. The van der Waals surface area contributed by atoms with Gasteiger partial charge in [-0.1, -0.05) is 30.2 Å². The van der Waals surface area contributed by atoms with Crippen molar-refractivity contribution in [3.8, 4) is 0 Å². The maximum Gasteiger partial charge on any atom is -0.0131 e. The Morgan fingerprint density at radius 1 is 1.50 bits per heavy atom. The van der Waals surface area contributed by atoms with Gasteiger partial charge in [-0.25, -0.2) is 0 Å². The van der Waals surface area contributed by atoms with Crippen LogP contribution in [0.2, 0.25) is 0 Å². The van der Waals surface area contributed by atoms with Crippen LogP contribution in [0.5, 0.6) is 0 Å². The highest BCUT2D eigenvalue weighted by atomic mass is 14.5. The third-order valence-electron chi connectivity index (χ3n) is 2.68. The van der Waals surface area contributed by atoms with Crippen LogP contribution in [0.4, 0.5) is 0 Å². The second kappa shape index (κ2) is 1.98. The van der Waals surface area contributed by atoms with E-state index in [4.69, 9.17) is 0 Å². The largest absolute Gasteiger partial charge is 0.0961 e. The molecule has 0 saturated heterocycles. The fraction of sp³-hybridized carbons (Fsp3) is 0.600. The van der Waals surface area contributed by atoms with E-state index in [-0.39, 0.29) is 0 Å². The van der Waals surface area contributed by atoms with Gasteiger partial charge < -0.3 is 0 Å². The van der Waals surface area contributed by atoms with Gasteiger partial charge in [0.15, 0.2) is 0 Å². The molecule has 2 rings (SSSR count). The molecule has 54 valence electrons. The standard InChI is InChI=1S/C10H14/c1-7(2)6-10-8-4-3-5-9(8)10/h6,8-9H,1,3-5H2,2H3. The number of allylic oxidation sites excluding steroid dienone is 3. The molecule has 0 aliphatic heterocycles. The van der Waals surface area contributed by atoms with Gasteiger partial charge >= 0.3 is 0 Å². The second-order valence-electron chi connectivity index (χ2n) is 3.63. The highest BCUT2D eigenvalue weighted by Gasteiger charge is 2.46. The number of fused-ring (bicyclic) bond motifs is 1. The van der Waals surface area contributed by atoms with Crippen LogP contribution in [0.15, 0.2) is 23.8 Å². The maximum atomic E-state index is 3.89. The topological polar surface area (TPSA) is 0 Å². The monoisotopic (exact) mass is 134 g/mol. The number of rotatable bonds is 1. The Kier molecular flexibility index (Phi) is 1.23. The summed E-state index contributed by atoms with van der Waals surface area (Å²) in [4.78, 5) is 0. The third-order valence-corrected chi connectivity index (χ3v) is 2.68. The average Bonchev–Trinajstić information content (AvgIpc) is 2.40. The van der Waals surface area contributed by atoms with Crippen molar-refractivity contribution < 1.29 is 0 Å². The van der Waals surface area contributed by atoms with Gasteiger partial charge in [0.1, 0.15) is 0 Å². The van der Waals surface area contributed by atoms with Crippen LogP contribution >= 0.6 is 0 Å². The van der Waals surface area contributed by atoms with E-state index in [1.165, 1.54) is 24.8 Å². The van der Waals surface area contributed by atoms with E-state index in [2.05, 4.69) is 19.6 Å². The van der Waals surface area contributed by atoms with E-state index in [0.29, 0.717) is 0 Å². The summed E-state index contributed by atoms with van der Waals surface area (Å²) >= 11 is 0. The molecule has 0 heterocycles. The SMILES string of the molecule is C=C(C)C=C1C2CCCC12. The zero-order valence-corrected chi connectivity index (χ0v) is 6.56. The summed E-state index contributed by atoms with van der Waals surface area (Å²) in [6.45, 7) is 5.97. The Morgan fingerprint density at radius 2 is 2.10 bits per heavy atom. The first-order chi connectivity index (χ1) is 4.79. The first kappa shape index (κ1) is 6.21. The summed E-state index contributed by atoms with van der Waals surface area (Å²) in [6.07, 6.45) is 6.64. The zero-order chi connectivity index (χ0) is 7.14. The summed E-state index contributed by atoms with van der Waals surface area (Å²) < 4.78 is 0. The molecule has 0 aromatic rings. The third kappa shape index (κ3) is 0.828. The number of hydrogen-bond donors (Lipinski definition) is 0. The minimum Gasteiger partial charge on any atom is -0.0961 e. The van der Waals surface area contributed by atoms with Crippen molar-refractivity contribution in [3.05, 3.63) is 23.8 Å². The average molecular weight is 134 g/mol. The molecule has 0 radical (unpaired) electrons. The van der Waals surface area contributed by atoms with Gasteiger partial charge in [0.05, 0.1) is 0 Å². The normalized spacial score (nSPS) is 35.5. The van der Waals surface area contributed by atoms with Crippen molar-refractivity contribution >= 4 is 0 Å². The van der Waals surface area contributed by atoms with Crippen molar-refractivity contribution in [2.24, 2.45) is 11.8 Å². The second-order valence-corrected chi connectivity index (χ2v) is 3.63. The Morgan fingerprint density at radius 3 is 2.60 bits per heavy atom. The molecule has 2 fully saturated rings. The lowest BCUT2D eigenvalue weighted by molar-refractivity contribution is 0.792. The smallest absolute Gasteiger partial charge is 0.0131 e. The molecular formula is C10H14. The van der Waals surface area contributed by atoms with Crippen molar-refractivity contribution in [3.63, 3.8) is 0 Å². The molecular weight excluding hydrogens is 120 g/mol. The molecule has 0 spiro atoms. The lowest BCUT2D eigenvalue weighted by Gasteiger charge is -1.90. The van der Waals surface area contributed by atoms with Gasteiger partial charge in [0, 0.05) is 0 Å². The Bertz CT molecular complexity index is 186. The van der Waals surface area contributed by atoms with Crippen LogP contribution in [0.1, 0.15) is 26.2 Å². The molecule has 2 saturated carbocycles. The molecule has 2 aliphatic rings. The van der Waals surface area contributed by atoms with Crippen LogP contribution in [0, 0.1) is 11.8 Å². The Hall–Kier alpha value is -0.520. The summed E-state index contributed by atoms with van der Waals surface area (Å²) in [6, 6.07) is 0. The predicted molar refractivity (Wildman–Crippen MR) is 43.7 cm³/mol. The van der Waals surface area contributed by atoms with E-state index in [1.807, 2.05) is 0 Å². The molecule has 0 bridgehead atoms. The van der Waals surface area contributed by atoms with E-state index in [1.54, 1.807) is 5.57 Å². The van der Waals surface area contributed by atoms with Gasteiger partial charge in [-0.3, -0.25) is 0 Å². The molecule has 0 amide bonds. The predicted octanol–water partition coefficient (Wildman–Crippen LogP) is 2.92. The van der Waals surface area contributed by atoms with Crippen LogP contribution in [-0.4, -0.2) is 0 Å². The number of hydrogen-bond acceptors (Lipinski definition) is 0. The van der Waals surface area contributed by atoms with Gasteiger partial charge in [0.25, 0.3) is 0 Å². The summed E-state index contributed by atoms with van der Waals surface area (Å²) in [7, 11) is 0. The van der Waals surface area contributed by atoms with E-state index in [0.717, 1.165) is 11.8 Å². The van der Waals surface area contributed by atoms with Gasteiger partial charge in [-0.05, 0) is 31.6 Å². The molecule has 0 nitrogen and oxygen atoms in total. The highest BCUT2D eigenvalue weighted by molar-refractivity contribution is 5.37. The van der Waals surface area contributed by atoms with Gasteiger partial charge in [0.2, 0.25) is 0 Å². The summed E-state index contributed by atoms with van der Waals surface area (Å²) in [5.74, 6) is 1.97.